The van der Waals surface area contributed by atoms with Gasteiger partial charge >= 0.3 is 6.08 Å². The summed E-state index contributed by atoms with van der Waals surface area (Å²) in [6.45, 7) is 1.67. The molecule has 0 aliphatic carbocycles. The molecule has 0 unspecified atom stereocenters. The Bertz CT molecular complexity index is 226. The van der Waals surface area contributed by atoms with Gasteiger partial charge in [0, 0.05) is 0 Å². The normalized spacial score (nSPS) is 9.67. The van der Waals surface area contributed by atoms with Crippen LogP contribution in [0, 0.1) is 19.2 Å². The Kier molecular flexibility index (Phi) is 1.75. The number of aromatic nitrogens is 2. The van der Waals surface area contributed by atoms with E-state index in [1.807, 2.05) is 0 Å². The number of halogens is 2. The van der Waals surface area contributed by atoms with Gasteiger partial charge in [-0.05, 0) is 22.9 Å². The molecule has 1 radical (unpaired) electrons. The standard InChI is InChI=1S/C5H3BrFN2/c1-3-4(6)2-8-5(7)9-3/h1H3. The van der Waals surface area contributed by atoms with Gasteiger partial charge in [0.1, 0.15) is 6.20 Å². The molecule has 1 rings (SSSR count). The molecule has 0 atom stereocenters. The Balaban J connectivity index is 3.17. The quantitative estimate of drug-likeness (QED) is 0.579. The van der Waals surface area contributed by atoms with Gasteiger partial charge in [-0.3, -0.25) is 0 Å². The Morgan fingerprint density at radius 1 is 1.67 bits per heavy atom. The fourth-order valence-corrected chi connectivity index (χ4v) is 0.566. The third-order valence-corrected chi connectivity index (χ3v) is 1.58. The van der Waals surface area contributed by atoms with Crippen molar-refractivity contribution < 1.29 is 4.39 Å². The van der Waals surface area contributed by atoms with Gasteiger partial charge in [0.25, 0.3) is 0 Å². The highest BCUT2D eigenvalue weighted by molar-refractivity contribution is 9.10. The van der Waals surface area contributed by atoms with Crippen LogP contribution in [0.5, 0.6) is 0 Å². The summed E-state index contributed by atoms with van der Waals surface area (Å²) in [5.41, 5.74) is 0.558. The predicted octanol–water partition coefficient (Wildman–Crippen LogP) is 1.49. The van der Waals surface area contributed by atoms with Gasteiger partial charge in [-0.2, -0.15) is 9.37 Å². The van der Waals surface area contributed by atoms with Crippen LogP contribution in [0.2, 0.25) is 0 Å². The van der Waals surface area contributed by atoms with Crippen LogP contribution in [-0.2, 0) is 0 Å². The Morgan fingerprint density at radius 3 is 2.78 bits per heavy atom. The second-order valence-electron chi connectivity index (χ2n) is 1.50. The summed E-state index contributed by atoms with van der Waals surface area (Å²) in [6.07, 6.45) is 1.66. The molecule has 0 aromatic carbocycles. The van der Waals surface area contributed by atoms with Crippen molar-refractivity contribution in [2.45, 2.75) is 6.92 Å². The molecule has 47 valence electrons. The SMILES string of the molecule is Cc1nc(F)n[c]c1Br. The summed E-state index contributed by atoms with van der Waals surface area (Å²) in [5.74, 6) is 0. The van der Waals surface area contributed by atoms with Gasteiger partial charge < -0.3 is 0 Å². The first-order valence-corrected chi connectivity index (χ1v) is 3.07. The zero-order valence-corrected chi connectivity index (χ0v) is 6.24. The molecule has 9 heavy (non-hydrogen) atoms. The minimum absolute atomic E-state index is 0.558. The molecule has 2 nitrogen and oxygen atoms in total. The van der Waals surface area contributed by atoms with Gasteiger partial charge in [0.05, 0.1) is 10.2 Å². The molecule has 0 aliphatic rings. The molecule has 0 spiro atoms. The lowest BCUT2D eigenvalue weighted by atomic mass is 10.5. The fourth-order valence-electron chi connectivity index (χ4n) is 0.389. The number of hydrogen-bond acceptors (Lipinski definition) is 2. The molecule has 0 N–H and O–H groups in total. The molecule has 0 aliphatic heterocycles. The number of hydrogen-bond donors (Lipinski definition) is 0. The highest BCUT2D eigenvalue weighted by Crippen LogP contribution is 2.09. The molecular formula is C5H3BrFN2. The van der Waals surface area contributed by atoms with Crippen molar-refractivity contribution in [3.8, 4) is 0 Å². The van der Waals surface area contributed by atoms with Crippen LogP contribution >= 0.6 is 15.9 Å². The van der Waals surface area contributed by atoms with E-state index >= 15 is 0 Å². The molecule has 1 aromatic rings. The maximum absolute atomic E-state index is 12.1. The van der Waals surface area contributed by atoms with Crippen LogP contribution in [-0.4, -0.2) is 9.97 Å². The van der Waals surface area contributed by atoms with E-state index in [1.165, 1.54) is 0 Å². The lowest BCUT2D eigenvalue weighted by molar-refractivity contribution is 0.532. The topological polar surface area (TPSA) is 25.8 Å². The van der Waals surface area contributed by atoms with Gasteiger partial charge in [0.15, 0.2) is 0 Å². The second-order valence-corrected chi connectivity index (χ2v) is 2.30. The molecule has 0 amide bonds. The van der Waals surface area contributed by atoms with Crippen molar-refractivity contribution in [2.24, 2.45) is 0 Å². The zero-order chi connectivity index (χ0) is 6.85. The van der Waals surface area contributed by atoms with E-state index in [1.54, 1.807) is 6.92 Å². The van der Waals surface area contributed by atoms with E-state index in [2.05, 4.69) is 32.1 Å². The average Bonchev–Trinajstić information content (AvgIpc) is 1.80. The smallest absolute Gasteiger partial charge is 0.206 e. The monoisotopic (exact) mass is 189 g/mol. The van der Waals surface area contributed by atoms with Crippen molar-refractivity contribution in [1.82, 2.24) is 9.97 Å². The Hall–Kier alpha value is -0.510. The number of aryl methyl sites for hydroxylation is 1. The first kappa shape index (κ1) is 6.61. The third kappa shape index (κ3) is 1.45. The van der Waals surface area contributed by atoms with Crippen molar-refractivity contribution >= 4 is 15.9 Å². The first-order chi connectivity index (χ1) is 4.20. The van der Waals surface area contributed by atoms with Crippen molar-refractivity contribution in [1.29, 1.82) is 0 Å². The maximum Gasteiger partial charge on any atom is 0.309 e. The summed E-state index contributed by atoms with van der Waals surface area (Å²) >= 11 is 3.08. The van der Waals surface area contributed by atoms with Gasteiger partial charge in [-0.25, -0.2) is 4.98 Å². The highest BCUT2D eigenvalue weighted by Gasteiger charge is 1.97. The summed E-state index contributed by atoms with van der Waals surface area (Å²) in [7, 11) is 0. The Morgan fingerprint density at radius 2 is 2.33 bits per heavy atom. The fraction of sp³-hybridized carbons (Fsp3) is 0.200. The van der Waals surface area contributed by atoms with Crippen LogP contribution in [0.15, 0.2) is 4.47 Å². The lowest BCUT2D eigenvalue weighted by Gasteiger charge is -1.91. The summed E-state index contributed by atoms with van der Waals surface area (Å²) in [6, 6.07) is 0. The van der Waals surface area contributed by atoms with E-state index in [0.29, 0.717) is 10.2 Å². The maximum atomic E-state index is 12.1. The molecular weight excluding hydrogens is 187 g/mol. The lowest BCUT2D eigenvalue weighted by Crippen LogP contribution is -1.91. The van der Waals surface area contributed by atoms with Crippen LogP contribution < -0.4 is 0 Å². The van der Waals surface area contributed by atoms with E-state index < -0.39 is 6.08 Å². The van der Waals surface area contributed by atoms with Crippen LogP contribution in [0.4, 0.5) is 4.39 Å². The van der Waals surface area contributed by atoms with Gasteiger partial charge in [0.2, 0.25) is 0 Å². The molecule has 0 bridgehead atoms. The molecule has 0 saturated heterocycles. The molecule has 4 heteroatoms. The number of nitrogens with zero attached hydrogens (tertiary/aromatic N) is 2. The van der Waals surface area contributed by atoms with Crippen molar-refractivity contribution in [2.75, 3.05) is 0 Å². The van der Waals surface area contributed by atoms with E-state index in [-0.39, 0.29) is 0 Å². The zero-order valence-electron chi connectivity index (χ0n) is 4.65. The van der Waals surface area contributed by atoms with E-state index in [9.17, 15) is 4.39 Å². The summed E-state index contributed by atoms with van der Waals surface area (Å²) < 4.78 is 12.7. The highest BCUT2D eigenvalue weighted by atomic mass is 79.9. The average molecular weight is 190 g/mol. The van der Waals surface area contributed by atoms with Crippen molar-refractivity contribution in [3.63, 3.8) is 0 Å². The summed E-state index contributed by atoms with van der Waals surface area (Å²) in [5, 5.41) is 0. The van der Waals surface area contributed by atoms with Crippen LogP contribution in [0.3, 0.4) is 0 Å². The largest absolute Gasteiger partial charge is 0.309 e. The van der Waals surface area contributed by atoms with Crippen LogP contribution in [0.1, 0.15) is 5.69 Å². The summed E-state index contributed by atoms with van der Waals surface area (Å²) in [4.78, 5) is 6.61. The van der Waals surface area contributed by atoms with E-state index in [0.717, 1.165) is 0 Å². The van der Waals surface area contributed by atoms with Gasteiger partial charge in [-0.15, -0.1) is 0 Å². The Labute approximate surface area is 60.3 Å². The van der Waals surface area contributed by atoms with Crippen LogP contribution in [0.25, 0.3) is 0 Å². The third-order valence-electron chi connectivity index (χ3n) is 0.824. The number of rotatable bonds is 0. The molecule has 1 heterocycles. The first-order valence-electron chi connectivity index (χ1n) is 2.27. The molecule has 1 aromatic heterocycles. The second kappa shape index (κ2) is 2.39. The predicted molar refractivity (Wildman–Crippen MR) is 33.3 cm³/mol. The minimum atomic E-state index is -0.740. The van der Waals surface area contributed by atoms with Crippen molar-refractivity contribution in [3.05, 3.63) is 22.4 Å². The van der Waals surface area contributed by atoms with E-state index in [4.69, 9.17) is 0 Å². The minimum Gasteiger partial charge on any atom is -0.206 e. The molecule has 0 saturated carbocycles. The van der Waals surface area contributed by atoms with Gasteiger partial charge in [-0.1, -0.05) is 0 Å². The molecule has 0 fully saturated rings.